The summed E-state index contributed by atoms with van der Waals surface area (Å²) in [6.07, 6.45) is 0. The molecule has 0 aliphatic heterocycles. The Labute approximate surface area is 269 Å². The summed E-state index contributed by atoms with van der Waals surface area (Å²) in [7, 11) is 0. The van der Waals surface area contributed by atoms with Gasteiger partial charge in [-0.3, -0.25) is 0 Å². The summed E-state index contributed by atoms with van der Waals surface area (Å²) in [5.41, 5.74) is 10.0. The maximum atomic E-state index is 6.64. The molecular formula is C44H33NO. The van der Waals surface area contributed by atoms with Crippen LogP contribution >= 0.6 is 0 Å². The predicted octanol–water partition coefficient (Wildman–Crippen LogP) is 12.0. The number of benzene rings is 7. The molecule has 0 radical (unpaired) electrons. The van der Waals surface area contributed by atoms with Crippen LogP contribution in [0.1, 0.15) is 34.1 Å². The number of hydrogen-bond donors (Lipinski definition) is 0. The van der Waals surface area contributed by atoms with Crippen LogP contribution in [0.4, 0.5) is 17.1 Å². The molecule has 1 atom stereocenters. The van der Waals surface area contributed by atoms with Gasteiger partial charge >= 0.3 is 0 Å². The van der Waals surface area contributed by atoms with Crippen molar-refractivity contribution in [3.63, 3.8) is 0 Å². The van der Waals surface area contributed by atoms with Crippen LogP contribution in [-0.4, -0.2) is 0 Å². The van der Waals surface area contributed by atoms with E-state index in [2.05, 4.69) is 187 Å². The first-order valence-corrected chi connectivity index (χ1v) is 15.9. The minimum atomic E-state index is 0.0169. The highest BCUT2D eigenvalue weighted by atomic mass is 16.3. The topological polar surface area (TPSA) is 16.4 Å². The van der Waals surface area contributed by atoms with Crippen molar-refractivity contribution in [2.75, 3.05) is 4.90 Å². The molecule has 0 saturated heterocycles. The second-order valence-electron chi connectivity index (χ2n) is 11.7. The first-order valence-electron chi connectivity index (χ1n) is 15.9. The van der Waals surface area contributed by atoms with Gasteiger partial charge in [-0.1, -0.05) is 158 Å². The highest BCUT2D eigenvalue weighted by molar-refractivity contribution is 6.10. The molecule has 8 rings (SSSR count). The molecule has 7 aromatic carbocycles. The molecular weight excluding hydrogens is 558 g/mol. The number of hydrogen-bond acceptors (Lipinski definition) is 2. The van der Waals surface area contributed by atoms with E-state index in [0.717, 1.165) is 39.0 Å². The van der Waals surface area contributed by atoms with Crippen molar-refractivity contribution in [1.82, 2.24) is 0 Å². The normalized spacial score (nSPS) is 12.0. The molecule has 0 N–H and O–H groups in total. The fourth-order valence-electron chi connectivity index (χ4n) is 6.96. The Morgan fingerprint density at radius 3 is 1.50 bits per heavy atom. The average molecular weight is 592 g/mol. The molecule has 2 heteroatoms. The molecule has 0 aliphatic rings. The lowest BCUT2D eigenvalue weighted by atomic mass is 9.73. The van der Waals surface area contributed by atoms with Crippen molar-refractivity contribution < 1.29 is 4.42 Å². The summed E-state index contributed by atoms with van der Waals surface area (Å²) < 4.78 is 6.64. The Kier molecular flexibility index (Phi) is 7.38. The van der Waals surface area contributed by atoms with Crippen molar-refractivity contribution in [3.8, 4) is 0 Å². The van der Waals surface area contributed by atoms with Crippen molar-refractivity contribution in [1.29, 1.82) is 0 Å². The largest absolute Gasteiger partial charge is 0.454 e. The summed E-state index contributed by atoms with van der Waals surface area (Å²) >= 11 is 0. The van der Waals surface area contributed by atoms with E-state index < -0.39 is 0 Å². The molecule has 8 aromatic rings. The summed E-state index contributed by atoms with van der Waals surface area (Å²) in [6, 6.07) is 67.1. The monoisotopic (exact) mass is 591 g/mol. The van der Waals surface area contributed by atoms with E-state index in [1.165, 1.54) is 22.3 Å². The Morgan fingerprint density at radius 1 is 0.370 bits per heavy atom. The van der Waals surface area contributed by atoms with Crippen LogP contribution in [0, 0.1) is 0 Å². The first kappa shape index (κ1) is 27.7. The third-order valence-electron chi connectivity index (χ3n) is 8.96. The van der Waals surface area contributed by atoms with Gasteiger partial charge in [0, 0.05) is 28.3 Å². The second-order valence-corrected chi connectivity index (χ2v) is 11.7. The van der Waals surface area contributed by atoms with Crippen LogP contribution in [0.25, 0.3) is 21.9 Å². The van der Waals surface area contributed by atoms with Crippen molar-refractivity contribution in [2.45, 2.75) is 11.8 Å². The molecule has 220 valence electrons. The van der Waals surface area contributed by atoms with E-state index in [0.29, 0.717) is 0 Å². The Balaban J connectivity index is 1.42. The van der Waals surface area contributed by atoms with Crippen LogP contribution < -0.4 is 4.90 Å². The molecule has 0 spiro atoms. The molecule has 1 aromatic heterocycles. The van der Waals surface area contributed by atoms with Crippen LogP contribution in [0.15, 0.2) is 192 Å². The van der Waals surface area contributed by atoms with Gasteiger partial charge in [0.15, 0.2) is 5.58 Å². The molecule has 0 fully saturated rings. The minimum Gasteiger partial charge on any atom is -0.454 e. The van der Waals surface area contributed by atoms with Gasteiger partial charge in [0.25, 0.3) is 0 Å². The van der Waals surface area contributed by atoms with E-state index in [4.69, 9.17) is 4.42 Å². The number of para-hydroxylation sites is 4. The van der Waals surface area contributed by atoms with E-state index in [9.17, 15) is 0 Å². The summed E-state index contributed by atoms with van der Waals surface area (Å²) in [6.45, 7) is 0. The maximum absolute atomic E-state index is 6.64. The van der Waals surface area contributed by atoms with E-state index >= 15 is 0 Å². The van der Waals surface area contributed by atoms with Crippen molar-refractivity contribution >= 4 is 39.0 Å². The molecule has 0 saturated carbocycles. The molecule has 0 aliphatic carbocycles. The smallest absolute Gasteiger partial charge is 0.159 e. The second kappa shape index (κ2) is 12.3. The quantitative estimate of drug-likeness (QED) is 0.175. The maximum Gasteiger partial charge on any atom is 0.159 e. The Hall–Kier alpha value is -5.86. The number of rotatable bonds is 8. The third-order valence-corrected chi connectivity index (χ3v) is 8.96. The minimum absolute atomic E-state index is 0.0169. The molecule has 1 unspecified atom stereocenters. The number of anilines is 3. The van der Waals surface area contributed by atoms with E-state index in [1.54, 1.807) is 0 Å². The zero-order valence-corrected chi connectivity index (χ0v) is 25.4. The first-order chi connectivity index (χ1) is 22.9. The number of nitrogens with zero attached hydrogens (tertiary/aromatic N) is 1. The van der Waals surface area contributed by atoms with Crippen molar-refractivity contribution in [3.05, 3.63) is 210 Å². The fourth-order valence-corrected chi connectivity index (χ4v) is 6.96. The third kappa shape index (κ3) is 5.04. The molecule has 1 heterocycles. The SMILES string of the molecule is c1ccc(C(c2ccccc2)C(c2ccccc2)c2ccccc2N(c2ccccc2)c2cccc3c2oc2ccccc23)cc1. The van der Waals surface area contributed by atoms with E-state index in [1.807, 2.05) is 6.07 Å². The van der Waals surface area contributed by atoms with Gasteiger partial charge in [0.2, 0.25) is 0 Å². The zero-order chi connectivity index (χ0) is 30.7. The summed E-state index contributed by atoms with van der Waals surface area (Å²) in [5, 5.41) is 2.23. The van der Waals surface area contributed by atoms with Crippen LogP contribution in [-0.2, 0) is 0 Å². The van der Waals surface area contributed by atoms with Crippen LogP contribution in [0.3, 0.4) is 0 Å². The van der Waals surface area contributed by atoms with Crippen molar-refractivity contribution in [2.24, 2.45) is 0 Å². The molecule has 0 amide bonds. The lowest BCUT2D eigenvalue weighted by Gasteiger charge is -2.34. The lowest BCUT2D eigenvalue weighted by Crippen LogP contribution is -2.19. The van der Waals surface area contributed by atoms with Gasteiger partial charge in [-0.15, -0.1) is 0 Å². The van der Waals surface area contributed by atoms with Crippen LogP contribution in [0.2, 0.25) is 0 Å². The van der Waals surface area contributed by atoms with Gasteiger partial charge in [-0.25, -0.2) is 0 Å². The lowest BCUT2D eigenvalue weighted by molar-refractivity contribution is 0.668. The fraction of sp³-hybridized carbons (Fsp3) is 0.0455. The molecule has 2 nitrogen and oxygen atoms in total. The van der Waals surface area contributed by atoms with E-state index in [-0.39, 0.29) is 11.8 Å². The Bertz CT molecular complexity index is 2170. The average Bonchev–Trinajstić information content (AvgIpc) is 3.52. The van der Waals surface area contributed by atoms with Crippen LogP contribution in [0.5, 0.6) is 0 Å². The van der Waals surface area contributed by atoms with Gasteiger partial charge < -0.3 is 9.32 Å². The highest BCUT2D eigenvalue weighted by Crippen LogP contribution is 2.49. The number of fused-ring (bicyclic) bond motifs is 3. The van der Waals surface area contributed by atoms with Gasteiger partial charge in [-0.05, 0) is 52.6 Å². The summed E-state index contributed by atoms with van der Waals surface area (Å²) in [4.78, 5) is 2.38. The van der Waals surface area contributed by atoms with Gasteiger partial charge in [-0.2, -0.15) is 0 Å². The van der Waals surface area contributed by atoms with Gasteiger partial charge in [0.1, 0.15) is 5.58 Å². The standard InChI is InChI=1S/C44H33NO/c1-5-18-32(19-6-1)42(33-20-7-2-8-21-33)43(34-22-9-3-10-23-34)38-27-13-15-29-39(38)45(35-24-11-4-12-25-35)40-30-17-28-37-36-26-14-16-31-41(36)46-44(37)40/h1-31,42-43H. The van der Waals surface area contributed by atoms with Gasteiger partial charge in [0.05, 0.1) is 11.4 Å². The molecule has 46 heavy (non-hydrogen) atoms. The highest BCUT2D eigenvalue weighted by Gasteiger charge is 2.32. The zero-order valence-electron chi connectivity index (χ0n) is 25.4. The summed E-state index contributed by atoms with van der Waals surface area (Å²) in [5.74, 6) is 0.0915. The molecule has 0 bridgehead atoms. The number of furan rings is 1. The predicted molar refractivity (Wildman–Crippen MR) is 191 cm³/mol. The Morgan fingerprint density at radius 2 is 0.848 bits per heavy atom.